The molecule has 0 radical (unpaired) electrons. The van der Waals surface area contributed by atoms with Gasteiger partial charge >= 0.3 is 23.1 Å². The molecule has 0 saturated carbocycles. The SMILES string of the molecule is Fc1ccc(F)c(COc2cc[c-]cc2F)c1.[Br-].[Mg+2]. The van der Waals surface area contributed by atoms with Crippen LogP contribution < -0.4 is 21.7 Å². The second-order valence-electron chi connectivity index (χ2n) is 3.38. The minimum atomic E-state index is -0.593. The van der Waals surface area contributed by atoms with Gasteiger partial charge in [-0.2, -0.15) is 12.1 Å². The molecule has 2 aromatic rings. The van der Waals surface area contributed by atoms with Gasteiger partial charge in [0, 0.05) is 17.1 Å². The first kappa shape index (κ1) is 18.3. The maximum atomic E-state index is 13.2. The molecule has 96 valence electrons. The van der Waals surface area contributed by atoms with E-state index >= 15 is 0 Å². The Morgan fingerprint density at radius 2 is 1.79 bits per heavy atom. The van der Waals surface area contributed by atoms with Crippen molar-refractivity contribution < 1.29 is 34.9 Å². The zero-order chi connectivity index (χ0) is 12.3. The Morgan fingerprint density at radius 1 is 1.05 bits per heavy atom. The molecule has 0 N–H and O–H groups in total. The molecule has 6 heteroatoms. The van der Waals surface area contributed by atoms with E-state index in [1.165, 1.54) is 12.1 Å². The van der Waals surface area contributed by atoms with E-state index in [0.29, 0.717) is 0 Å². The minimum Gasteiger partial charge on any atom is -1.00 e. The summed E-state index contributed by atoms with van der Waals surface area (Å²) >= 11 is 0. The van der Waals surface area contributed by atoms with Gasteiger partial charge in [-0.1, -0.05) is 0 Å². The van der Waals surface area contributed by atoms with Crippen LogP contribution in [0, 0.1) is 23.5 Å². The molecule has 0 amide bonds. The van der Waals surface area contributed by atoms with Gasteiger partial charge in [-0.3, -0.25) is 4.39 Å². The van der Waals surface area contributed by atoms with Crippen molar-refractivity contribution in [3.8, 4) is 5.75 Å². The molecule has 1 nitrogen and oxygen atoms in total. The average molecular weight is 341 g/mol. The van der Waals surface area contributed by atoms with Crippen molar-refractivity contribution >= 4 is 23.1 Å². The Labute approximate surface area is 135 Å². The van der Waals surface area contributed by atoms with Crippen molar-refractivity contribution in [3.05, 3.63) is 65.5 Å². The number of halogens is 4. The number of hydrogen-bond donors (Lipinski definition) is 0. The maximum absolute atomic E-state index is 13.2. The van der Waals surface area contributed by atoms with Crippen LogP contribution >= 0.6 is 0 Å². The third kappa shape index (κ3) is 5.04. The summed E-state index contributed by atoms with van der Waals surface area (Å²) < 4.78 is 44.3. The first-order valence-corrected chi connectivity index (χ1v) is 4.89. The molecular formula is C13H8BrF3MgO. The van der Waals surface area contributed by atoms with Gasteiger partial charge in [-0.15, -0.1) is 12.1 Å². The molecule has 0 aliphatic carbocycles. The molecule has 0 spiro atoms. The first-order chi connectivity index (χ1) is 8.16. The summed E-state index contributed by atoms with van der Waals surface area (Å²) in [6.07, 6.45) is 0. The zero-order valence-electron chi connectivity index (χ0n) is 9.80. The third-order valence-corrected chi connectivity index (χ3v) is 2.17. The smallest absolute Gasteiger partial charge is 1.00 e. The zero-order valence-corrected chi connectivity index (χ0v) is 12.8. The number of hydrogen-bond acceptors (Lipinski definition) is 1. The Morgan fingerprint density at radius 3 is 2.47 bits per heavy atom. The fraction of sp³-hybridized carbons (Fsp3) is 0.0769. The van der Waals surface area contributed by atoms with E-state index in [4.69, 9.17) is 4.74 Å². The molecule has 2 rings (SSSR count). The Bertz CT molecular complexity index is 537. The molecule has 0 atom stereocenters. The van der Waals surface area contributed by atoms with Crippen molar-refractivity contribution in [2.45, 2.75) is 6.61 Å². The second kappa shape index (κ2) is 8.45. The second-order valence-corrected chi connectivity index (χ2v) is 3.38. The molecule has 0 fully saturated rings. The van der Waals surface area contributed by atoms with Crippen molar-refractivity contribution in [3.63, 3.8) is 0 Å². The number of rotatable bonds is 3. The predicted octanol–water partition coefficient (Wildman–Crippen LogP) is 0.106. The van der Waals surface area contributed by atoms with Crippen molar-refractivity contribution in [2.24, 2.45) is 0 Å². The Hall–Kier alpha value is -0.724. The van der Waals surface area contributed by atoms with Gasteiger partial charge in [0.1, 0.15) is 18.2 Å². The summed E-state index contributed by atoms with van der Waals surface area (Å²) in [4.78, 5) is 0. The molecule has 0 heterocycles. The largest absolute Gasteiger partial charge is 2.00 e. The molecular weight excluding hydrogens is 333 g/mol. The topological polar surface area (TPSA) is 9.23 Å². The van der Waals surface area contributed by atoms with E-state index in [2.05, 4.69) is 6.07 Å². The van der Waals surface area contributed by atoms with Crippen molar-refractivity contribution in [1.29, 1.82) is 0 Å². The standard InChI is InChI=1S/C13H8F3O.BrH.Mg/c14-10-5-6-11(15)9(7-10)8-17-13-4-2-1-3-12(13)16;;/h2-7H,8H2;1H;/q-1;;+2/p-1. The van der Waals surface area contributed by atoms with Gasteiger partial charge in [0.2, 0.25) is 0 Å². The van der Waals surface area contributed by atoms with Gasteiger partial charge in [-0.05, 0) is 18.2 Å². The van der Waals surface area contributed by atoms with E-state index in [1.54, 1.807) is 0 Å². The van der Waals surface area contributed by atoms with Crippen LogP contribution in [-0.2, 0) is 6.61 Å². The van der Waals surface area contributed by atoms with Crippen LogP contribution in [0.15, 0.2) is 36.4 Å². The summed E-state index contributed by atoms with van der Waals surface area (Å²) in [5.41, 5.74) is 0.0391. The molecule has 0 aliphatic heterocycles. The normalized spacial score (nSPS) is 9.21. The van der Waals surface area contributed by atoms with E-state index in [0.717, 1.165) is 24.3 Å². The van der Waals surface area contributed by atoms with Crippen molar-refractivity contribution in [1.82, 2.24) is 0 Å². The monoisotopic (exact) mass is 340 g/mol. The van der Waals surface area contributed by atoms with Crippen LogP contribution in [0.2, 0.25) is 0 Å². The molecule has 0 aromatic heterocycles. The van der Waals surface area contributed by atoms with E-state index < -0.39 is 17.5 Å². The quantitative estimate of drug-likeness (QED) is 0.569. The van der Waals surface area contributed by atoms with Crippen molar-refractivity contribution in [2.75, 3.05) is 0 Å². The van der Waals surface area contributed by atoms with E-state index in [9.17, 15) is 13.2 Å². The summed E-state index contributed by atoms with van der Waals surface area (Å²) in [6.45, 7) is -0.232. The molecule has 2 aromatic carbocycles. The Balaban J connectivity index is 0.00000162. The van der Waals surface area contributed by atoms with E-state index in [1.807, 2.05) is 0 Å². The van der Waals surface area contributed by atoms with Crippen LogP contribution in [0.5, 0.6) is 5.75 Å². The number of ether oxygens (including phenoxy) is 1. The van der Waals surface area contributed by atoms with Gasteiger partial charge in [0.25, 0.3) is 0 Å². The van der Waals surface area contributed by atoms with Gasteiger partial charge in [0.15, 0.2) is 0 Å². The average Bonchev–Trinajstić information content (AvgIpc) is 2.32. The summed E-state index contributed by atoms with van der Waals surface area (Å²) in [6, 6.07) is 9.51. The molecule has 0 aliphatic rings. The van der Waals surface area contributed by atoms with Crippen LogP contribution in [0.3, 0.4) is 0 Å². The van der Waals surface area contributed by atoms with Crippen LogP contribution in [0.25, 0.3) is 0 Å². The van der Waals surface area contributed by atoms with Crippen LogP contribution in [0.4, 0.5) is 13.2 Å². The van der Waals surface area contributed by atoms with Crippen LogP contribution in [0.1, 0.15) is 5.56 Å². The first-order valence-electron chi connectivity index (χ1n) is 4.89. The molecule has 0 saturated heterocycles. The van der Waals surface area contributed by atoms with Gasteiger partial charge in [-0.25, -0.2) is 8.78 Å². The minimum absolute atomic E-state index is 0. The van der Waals surface area contributed by atoms with E-state index in [-0.39, 0.29) is 58.0 Å². The maximum Gasteiger partial charge on any atom is 2.00 e. The molecule has 19 heavy (non-hydrogen) atoms. The summed E-state index contributed by atoms with van der Waals surface area (Å²) in [5.74, 6) is -1.77. The Kier molecular flexibility index (Phi) is 8.13. The molecule has 0 bridgehead atoms. The van der Waals surface area contributed by atoms with Gasteiger partial charge in [0.05, 0.1) is 0 Å². The predicted molar refractivity (Wildman–Crippen MR) is 61.7 cm³/mol. The fourth-order valence-corrected chi connectivity index (χ4v) is 1.32. The number of benzene rings is 2. The molecule has 0 unspecified atom stereocenters. The summed E-state index contributed by atoms with van der Waals surface area (Å²) in [7, 11) is 0. The fourth-order valence-electron chi connectivity index (χ4n) is 1.32. The third-order valence-electron chi connectivity index (χ3n) is 2.17. The summed E-state index contributed by atoms with van der Waals surface area (Å²) in [5, 5.41) is 0. The van der Waals surface area contributed by atoms with Crippen LogP contribution in [-0.4, -0.2) is 23.1 Å². The van der Waals surface area contributed by atoms with Gasteiger partial charge < -0.3 is 21.7 Å².